The molecule has 4 rings (SSSR count). The van der Waals surface area contributed by atoms with Gasteiger partial charge in [-0.3, -0.25) is 4.98 Å². The quantitative estimate of drug-likeness (QED) is 0.382. The molecule has 0 amide bonds. The molecule has 1 atom stereocenters. The summed E-state index contributed by atoms with van der Waals surface area (Å²) >= 11 is 1.79. The van der Waals surface area contributed by atoms with E-state index in [2.05, 4.69) is 48.3 Å². The van der Waals surface area contributed by atoms with Crippen molar-refractivity contribution in [1.82, 2.24) is 4.98 Å². The van der Waals surface area contributed by atoms with Crippen molar-refractivity contribution in [2.75, 3.05) is 0 Å². The molecule has 1 unspecified atom stereocenters. The average Bonchev–Trinajstić information content (AvgIpc) is 2.99. The van der Waals surface area contributed by atoms with E-state index in [1.165, 1.54) is 25.7 Å². The van der Waals surface area contributed by atoms with Gasteiger partial charge in [-0.05, 0) is 60.2 Å². The van der Waals surface area contributed by atoms with Crippen molar-refractivity contribution in [3.05, 3.63) is 65.9 Å². The minimum atomic E-state index is -1.02. The fourth-order valence-corrected chi connectivity index (χ4v) is 4.47. The summed E-state index contributed by atoms with van der Waals surface area (Å²) in [6.07, 6.45) is 1.77. The van der Waals surface area contributed by atoms with E-state index in [0.29, 0.717) is 0 Å². The predicted octanol–water partition coefficient (Wildman–Crippen LogP) is 7.18. The maximum atomic E-state index is 8.76. The molecule has 0 saturated carbocycles. The van der Waals surface area contributed by atoms with Crippen molar-refractivity contribution in [3.8, 4) is 11.3 Å². The molecule has 2 aromatic heterocycles. The Morgan fingerprint density at radius 2 is 1.80 bits per heavy atom. The molecule has 25 heavy (non-hydrogen) atoms. The lowest BCUT2D eigenvalue weighted by atomic mass is 9.90. The number of pyridine rings is 1. The highest BCUT2D eigenvalue weighted by Gasteiger charge is 2.15. The summed E-state index contributed by atoms with van der Waals surface area (Å²) in [7, 11) is 0. The van der Waals surface area contributed by atoms with E-state index in [1.54, 1.807) is 31.4 Å². The van der Waals surface area contributed by atoms with Crippen molar-refractivity contribution in [3.63, 3.8) is 0 Å². The number of aromatic nitrogens is 1. The Balaban J connectivity index is 1.97. The number of hydrogen-bond acceptors (Lipinski definition) is 2. The van der Waals surface area contributed by atoms with Crippen molar-refractivity contribution in [2.24, 2.45) is 5.89 Å². The second kappa shape index (κ2) is 6.27. The first-order valence-corrected chi connectivity index (χ1v) is 9.39. The van der Waals surface area contributed by atoms with Gasteiger partial charge in [0.2, 0.25) is 0 Å². The molecule has 4 aromatic rings. The number of nitrogens with zero attached hydrogens (tertiary/aromatic N) is 1. The Bertz CT molecular complexity index is 1150. The van der Waals surface area contributed by atoms with Crippen LogP contribution < -0.4 is 0 Å². The van der Waals surface area contributed by atoms with Crippen LogP contribution in [0.4, 0.5) is 0 Å². The van der Waals surface area contributed by atoms with Gasteiger partial charge in [-0.25, -0.2) is 0 Å². The molecule has 0 aliphatic rings. The van der Waals surface area contributed by atoms with Crippen LogP contribution in [-0.2, 0) is 0 Å². The zero-order valence-corrected chi connectivity index (χ0v) is 15.9. The van der Waals surface area contributed by atoms with Gasteiger partial charge in [-0.1, -0.05) is 39.0 Å². The van der Waals surface area contributed by atoms with Crippen LogP contribution >= 0.6 is 11.3 Å². The Morgan fingerprint density at radius 1 is 1.00 bits per heavy atom. The van der Waals surface area contributed by atoms with Gasteiger partial charge in [0, 0.05) is 34.7 Å². The van der Waals surface area contributed by atoms with Gasteiger partial charge in [0.15, 0.2) is 0 Å². The molecule has 0 aliphatic carbocycles. The van der Waals surface area contributed by atoms with Crippen LogP contribution in [0.5, 0.6) is 0 Å². The van der Waals surface area contributed by atoms with E-state index in [1.807, 2.05) is 19.1 Å². The first-order chi connectivity index (χ1) is 12.7. The maximum absolute atomic E-state index is 8.76. The van der Waals surface area contributed by atoms with Crippen LogP contribution in [0.3, 0.4) is 0 Å². The average molecular weight is 348 g/mol. The molecule has 2 heterocycles. The normalized spacial score (nSPS) is 15.8. The van der Waals surface area contributed by atoms with E-state index in [9.17, 15) is 0 Å². The van der Waals surface area contributed by atoms with Gasteiger partial charge in [0.1, 0.15) is 0 Å². The summed E-state index contributed by atoms with van der Waals surface area (Å²) in [6, 6.07) is 16.8. The van der Waals surface area contributed by atoms with E-state index < -0.39 is 11.8 Å². The van der Waals surface area contributed by atoms with E-state index in [0.717, 1.165) is 16.8 Å². The highest BCUT2D eigenvalue weighted by atomic mass is 32.1. The predicted molar refractivity (Wildman–Crippen MR) is 111 cm³/mol. The van der Waals surface area contributed by atoms with Crippen LogP contribution in [0, 0.1) is 12.8 Å². The van der Waals surface area contributed by atoms with Gasteiger partial charge in [-0.15, -0.1) is 11.3 Å². The molecule has 1 nitrogen and oxygen atoms in total. The van der Waals surface area contributed by atoms with E-state index in [4.69, 9.17) is 2.74 Å². The lowest BCUT2D eigenvalue weighted by Crippen LogP contribution is -2.02. The van der Waals surface area contributed by atoms with Gasteiger partial charge < -0.3 is 0 Å². The largest absolute Gasteiger partial charge is 0.256 e. The van der Waals surface area contributed by atoms with Crippen LogP contribution in [-0.4, -0.2) is 4.98 Å². The van der Waals surface area contributed by atoms with Gasteiger partial charge in [0.25, 0.3) is 0 Å². The summed E-state index contributed by atoms with van der Waals surface area (Å²) in [4.78, 5) is 4.63. The summed E-state index contributed by atoms with van der Waals surface area (Å²) in [6.45, 7) is 7.50. The van der Waals surface area contributed by atoms with E-state index >= 15 is 0 Å². The molecule has 0 N–H and O–H groups in total. The van der Waals surface area contributed by atoms with Crippen molar-refractivity contribution >= 4 is 31.5 Å². The number of rotatable bonds is 3. The molecule has 0 aliphatic heterocycles. The van der Waals surface area contributed by atoms with Gasteiger partial charge >= 0.3 is 0 Å². The zero-order chi connectivity index (χ0) is 19.4. The molecular weight excluding hydrogens is 322 g/mol. The fraction of sp³-hybridized carbons (Fsp3) is 0.261. The van der Waals surface area contributed by atoms with Crippen LogP contribution in [0.25, 0.3) is 31.4 Å². The molecular formula is C23H23NS. The highest BCUT2D eigenvalue weighted by molar-refractivity contribution is 7.26. The number of hydrogen-bond donors (Lipinski definition) is 0. The minimum absolute atomic E-state index is 0.822. The summed E-state index contributed by atoms with van der Waals surface area (Å²) in [5, 5.41) is 2.53. The van der Waals surface area contributed by atoms with Crippen LogP contribution in [0.2, 0.25) is 0 Å². The molecule has 126 valence electrons. The second-order valence-electron chi connectivity index (χ2n) is 6.84. The lowest BCUT2D eigenvalue weighted by Gasteiger charge is -2.16. The van der Waals surface area contributed by atoms with Gasteiger partial charge in [-0.2, -0.15) is 0 Å². The van der Waals surface area contributed by atoms with Gasteiger partial charge in [0.05, 0.1) is 5.69 Å². The van der Waals surface area contributed by atoms with Crippen molar-refractivity contribution in [2.45, 2.75) is 33.6 Å². The number of fused-ring (bicyclic) bond motifs is 3. The Kier molecular flexibility index (Phi) is 3.52. The number of benzene rings is 2. The second-order valence-corrected chi connectivity index (χ2v) is 7.89. The fourth-order valence-electron chi connectivity index (χ4n) is 3.26. The maximum Gasteiger partial charge on any atom is 0.0719 e. The molecule has 0 radical (unpaired) electrons. The zero-order valence-electron chi connectivity index (χ0n) is 17.1. The molecule has 2 aromatic carbocycles. The van der Waals surface area contributed by atoms with Crippen molar-refractivity contribution < 1.29 is 2.74 Å². The monoisotopic (exact) mass is 347 g/mol. The third-order valence-corrected chi connectivity index (χ3v) is 6.06. The smallest absolute Gasteiger partial charge is 0.0719 e. The molecule has 0 saturated heterocycles. The number of thiophene rings is 1. The minimum Gasteiger partial charge on any atom is -0.256 e. The Labute approximate surface area is 156 Å². The standard InChI is InChI=1S/C23H23NS/c1-14(2)16(4)17-9-10-24-21(13-17)20-12-15(3)11-19-18-7-5-6-8-22(18)25-23(19)20/h5-14,16H,1-4H3/i14D,16D. The summed E-state index contributed by atoms with van der Waals surface area (Å²) in [5.74, 6) is -1.93. The van der Waals surface area contributed by atoms with E-state index in [-0.39, 0.29) is 0 Å². The molecule has 0 spiro atoms. The third kappa shape index (κ3) is 2.85. The lowest BCUT2D eigenvalue weighted by molar-refractivity contribution is 0.535. The first-order valence-electron chi connectivity index (χ1n) is 9.57. The molecule has 2 heteroatoms. The molecule has 0 bridgehead atoms. The first kappa shape index (κ1) is 14.0. The number of aryl methyl sites for hydroxylation is 1. The Hall–Kier alpha value is -2.19. The van der Waals surface area contributed by atoms with Crippen LogP contribution in [0.15, 0.2) is 54.7 Å². The summed E-state index contributed by atoms with van der Waals surface area (Å²) < 4.78 is 19.6. The molecule has 0 fully saturated rings. The topological polar surface area (TPSA) is 12.9 Å². The Morgan fingerprint density at radius 3 is 2.60 bits per heavy atom. The van der Waals surface area contributed by atoms with Crippen LogP contribution in [0.1, 0.15) is 40.5 Å². The summed E-state index contributed by atoms with van der Waals surface area (Å²) in [5.41, 5.74) is 3.99. The highest BCUT2D eigenvalue weighted by Crippen LogP contribution is 2.40. The van der Waals surface area contributed by atoms with Crippen molar-refractivity contribution in [1.29, 1.82) is 0 Å². The SMILES string of the molecule is [2H]C(C)(C)C([2H])(C)c1ccnc(-c2cc(C)cc3c2sc2ccccc23)c1. The third-order valence-electron chi connectivity index (χ3n) is 4.84.